The maximum atomic E-state index is 12.2. The predicted octanol–water partition coefficient (Wildman–Crippen LogP) is 2.50. The number of nitrogens with one attached hydrogen (secondary N) is 1. The van der Waals surface area contributed by atoms with Gasteiger partial charge in [0.25, 0.3) is 8.53 Å². The largest absolute Gasteiger partial charge is 0.340 e. The molecule has 0 bridgehead atoms. The van der Waals surface area contributed by atoms with Crippen molar-refractivity contribution in [3.63, 3.8) is 0 Å². The molecule has 0 aliphatic rings. The van der Waals surface area contributed by atoms with Gasteiger partial charge in [0.15, 0.2) is 0 Å². The first-order valence-electron chi connectivity index (χ1n) is 9.30. The van der Waals surface area contributed by atoms with Crippen LogP contribution in [0.5, 0.6) is 0 Å². The lowest BCUT2D eigenvalue weighted by Crippen LogP contribution is -2.39. The van der Waals surface area contributed by atoms with E-state index in [0.717, 1.165) is 6.54 Å². The fourth-order valence-corrected chi connectivity index (χ4v) is 4.03. The zero-order valence-corrected chi connectivity index (χ0v) is 18.1. The topological polar surface area (TPSA) is 77.8 Å². The zero-order valence-electron chi connectivity index (χ0n) is 17.2. The summed E-state index contributed by atoms with van der Waals surface area (Å²) in [5, 5.41) is 11.8. The lowest BCUT2D eigenvalue weighted by atomic mass is 9.77. The Kier molecular flexibility index (Phi) is 14.9. The van der Waals surface area contributed by atoms with Crippen molar-refractivity contribution in [3.8, 4) is 6.07 Å². The summed E-state index contributed by atoms with van der Waals surface area (Å²) < 4.78 is 14.1. The summed E-state index contributed by atoms with van der Waals surface area (Å²) in [7, 11) is 2.47. The third-order valence-electron chi connectivity index (χ3n) is 3.59. The van der Waals surface area contributed by atoms with Gasteiger partial charge >= 0.3 is 0 Å². The first kappa shape index (κ1) is 25.3. The van der Waals surface area contributed by atoms with Crippen molar-refractivity contribution in [2.24, 2.45) is 0 Å². The number of hydrogen-bond acceptors (Lipinski definition) is 6. The molecule has 1 N–H and O–H groups in total. The van der Waals surface area contributed by atoms with Crippen molar-refractivity contribution < 1.29 is 13.8 Å². The fraction of sp³-hybridized carbons (Fsp3) is 0.882. The van der Waals surface area contributed by atoms with Crippen molar-refractivity contribution in [2.75, 3.05) is 39.9 Å². The predicted molar refractivity (Wildman–Crippen MR) is 108 cm³/mol. The summed E-state index contributed by atoms with van der Waals surface area (Å²) in [5.74, 6) is 0.102. The van der Waals surface area contributed by atoms with Gasteiger partial charge in [0.2, 0.25) is 5.91 Å². The molecule has 1 amide bonds. The molecule has 0 aromatic carbocycles. The molecule has 0 saturated heterocycles. The Balaban J connectivity index is 4.80. The fourth-order valence-electron chi connectivity index (χ4n) is 2.45. The van der Waals surface area contributed by atoms with Crippen molar-refractivity contribution in [1.29, 1.82) is 5.26 Å². The second-order valence-electron chi connectivity index (χ2n) is 6.48. The molecule has 0 aliphatic heterocycles. The lowest BCUT2D eigenvalue weighted by molar-refractivity contribution is -0.129. The van der Waals surface area contributed by atoms with Crippen LogP contribution >= 0.6 is 8.53 Å². The first-order valence-corrected chi connectivity index (χ1v) is 10.4. The van der Waals surface area contributed by atoms with Gasteiger partial charge in [-0.3, -0.25) is 4.79 Å². The summed E-state index contributed by atoms with van der Waals surface area (Å²) in [6.07, 6.45) is 0.770. The molecule has 1 unspecified atom stereocenters. The molecule has 149 valence electrons. The Hall–Kier alpha value is -0.705. The summed E-state index contributed by atoms with van der Waals surface area (Å²) in [4.78, 5) is 14.0. The zero-order chi connectivity index (χ0) is 19.9. The average Bonchev–Trinajstić information content (AvgIpc) is 2.57. The maximum Gasteiger partial charge on any atom is 0.259 e. The summed E-state index contributed by atoms with van der Waals surface area (Å²) in [5.41, 5.74) is 0. The molecule has 0 heterocycles. The Morgan fingerprint density at radius 2 is 1.81 bits per heavy atom. The number of carbonyl (C=O) groups excluding carboxylic acids is 1. The first-order chi connectivity index (χ1) is 12.4. The molecule has 0 rings (SSSR count). The highest BCUT2D eigenvalue weighted by Gasteiger charge is 2.27. The minimum atomic E-state index is -1.26. The number of nitrogens with zero attached hydrogens (tertiary/aromatic N) is 3. The van der Waals surface area contributed by atoms with Crippen molar-refractivity contribution in [2.45, 2.75) is 59.3 Å². The van der Waals surface area contributed by atoms with Gasteiger partial charge in [-0.25, -0.2) is 4.67 Å². The second-order valence-corrected chi connectivity index (χ2v) is 7.93. The van der Waals surface area contributed by atoms with E-state index in [1.165, 1.54) is 0 Å². The van der Waals surface area contributed by atoms with E-state index in [4.69, 9.17) is 14.3 Å². The number of carbonyl (C=O) groups is 1. The molecule has 0 aromatic rings. The Labute approximate surface area is 161 Å². The van der Waals surface area contributed by atoms with Gasteiger partial charge in [-0.2, -0.15) is 5.26 Å². The van der Waals surface area contributed by atoms with Crippen LogP contribution in [0.2, 0.25) is 13.1 Å². The van der Waals surface area contributed by atoms with Crippen LogP contribution in [0.15, 0.2) is 0 Å². The average molecular weight is 385 g/mol. The van der Waals surface area contributed by atoms with Gasteiger partial charge < -0.3 is 19.3 Å². The SMILES string of the molecule is C[B]CC(=O)N(CCNC)CCOP(OCCC#N)N(C(C)C)C(C)C. The Morgan fingerprint density at radius 3 is 2.31 bits per heavy atom. The molecule has 0 spiro atoms. The van der Waals surface area contributed by atoms with E-state index >= 15 is 0 Å². The molecule has 0 saturated carbocycles. The molecular formula is C17H35BN4O3P. The normalized spacial score (nSPS) is 12.5. The lowest BCUT2D eigenvalue weighted by Gasteiger charge is -2.36. The summed E-state index contributed by atoms with van der Waals surface area (Å²) in [6, 6.07) is 2.62. The second kappa shape index (κ2) is 15.4. The van der Waals surface area contributed by atoms with Crippen LogP contribution in [0.1, 0.15) is 34.1 Å². The third kappa shape index (κ3) is 10.4. The van der Waals surface area contributed by atoms with E-state index < -0.39 is 8.53 Å². The number of rotatable bonds is 15. The highest BCUT2D eigenvalue weighted by molar-refractivity contribution is 7.44. The molecule has 0 aliphatic carbocycles. The summed E-state index contributed by atoms with van der Waals surface area (Å²) >= 11 is 0. The van der Waals surface area contributed by atoms with Crippen LogP contribution in [0.4, 0.5) is 0 Å². The van der Waals surface area contributed by atoms with Crippen LogP contribution in [0, 0.1) is 11.3 Å². The van der Waals surface area contributed by atoms with Gasteiger partial charge in [0.05, 0.1) is 25.7 Å². The maximum absolute atomic E-state index is 12.2. The van der Waals surface area contributed by atoms with E-state index in [9.17, 15) is 4.79 Å². The van der Waals surface area contributed by atoms with Gasteiger partial charge in [0.1, 0.15) is 7.28 Å². The van der Waals surface area contributed by atoms with Crippen LogP contribution in [0.3, 0.4) is 0 Å². The Morgan fingerprint density at radius 1 is 1.19 bits per heavy atom. The quantitative estimate of drug-likeness (QED) is 0.265. The monoisotopic (exact) mass is 385 g/mol. The van der Waals surface area contributed by atoms with Crippen LogP contribution < -0.4 is 5.32 Å². The molecule has 0 aromatic heterocycles. The van der Waals surface area contributed by atoms with E-state index in [1.807, 2.05) is 26.1 Å². The van der Waals surface area contributed by atoms with E-state index in [-0.39, 0.29) is 18.0 Å². The van der Waals surface area contributed by atoms with Crippen molar-refractivity contribution >= 4 is 21.7 Å². The molecule has 7 nitrogen and oxygen atoms in total. The van der Waals surface area contributed by atoms with E-state index in [1.54, 1.807) is 0 Å². The van der Waals surface area contributed by atoms with Gasteiger partial charge in [-0.05, 0) is 41.1 Å². The third-order valence-corrected chi connectivity index (χ3v) is 5.70. The minimum Gasteiger partial charge on any atom is -0.340 e. The summed E-state index contributed by atoms with van der Waals surface area (Å²) in [6.45, 7) is 13.0. The number of amides is 1. The van der Waals surface area contributed by atoms with Crippen molar-refractivity contribution in [1.82, 2.24) is 14.9 Å². The number of hydrogen-bond donors (Lipinski definition) is 1. The van der Waals surface area contributed by atoms with Crippen LogP contribution in [-0.4, -0.2) is 74.7 Å². The number of likely N-dealkylation sites (N-methyl/N-ethyl adjacent to an activating group) is 1. The van der Waals surface area contributed by atoms with E-state index in [2.05, 4.69) is 43.8 Å². The molecular weight excluding hydrogens is 350 g/mol. The van der Waals surface area contributed by atoms with Crippen molar-refractivity contribution in [3.05, 3.63) is 0 Å². The highest BCUT2D eigenvalue weighted by atomic mass is 31.2. The van der Waals surface area contributed by atoms with E-state index in [0.29, 0.717) is 39.0 Å². The van der Waals surface area contributed by atoms with Gasteiger partial charge in [-0.1, -0.05) is 6.82 Å². The standard InChI is InChI=1S/C17H35BN4O3P/c1-15(2)22(16(3)4)26(24-12-7-8-19)25-13-11-21(10-9-20-6)17(23)14-18-5/h15-16,20H,7,9-14H2,1-6H3. The van der Waals surface area contributed by atoms with Crippen LogP contribution in [0.25, 0.3) is 0 Å². The van der Waals surface area contributed by atoms with Gasteiger partial charge in [-0.15, -0.1) is 0 Å². The van der Waals surface area contributed by atoms with Gasteiger partial charge in [0, 0.05) is 31.7 Å². The van der Waals surface area contributed by atoms with Crippen LogP contribution in [-0.2, 0) is 13.8 Å². The number of nitriles is 1. The Bertz CT molecular complexity index is 413. The smallest absolute Gasteiger partial charge is 0.259 e. The minimum absolute atomic E-state index is 0.102. The highest BCUT2D eigenvalue weighted by Crippen LogP contribution is 2.45. The molecule has 9 heteroatoms. The molecule has 0 fully saturated rings. The molecule has 1 radical (unpaired) electrons. The molecule has 1 atom stereocenters. The molecule has 26 heavy (non-hydrogen) atoms.